The van der Waals surface area contributed by atoms with Crippen LogP contribution >= 0.6 is 0 Å². The summed E-state index contributed by atoms with van der Waals surface area (Å²) in [7, 11) is -3.62. The van der Waals surface area contributed by atoms with Crippen molar-refractivity contribution in [2.45, 2.75) is 32.1 Å². The van der Waals surface area contributed by atoms with Crippen LogP contribution < -0.4 is 4.72 Å². The second kappa shape index (κ2) is 5.97. The summed E-state index contributed by atoms with van der Waals surface area (Å²) in [5, 5.41) is 18.0. The van der Waals surface area contributed by atoms with Gasteiger partial charge in [0.15, 0.2) is 0 Å². The summed E-state index contributed by atoms with van der Waals surface area (Å²) in [6.07, 6.45) is 3.55. The zero-order chi connectivity index (χ0) is 14.8. The Hall–Kier alpha value is -0.700. The van der Waals surface area contributed by atoms with E-state index >= 15 is 0 Å². The van der Waals surface area contributed by atoms with Gasteiger partial charge in [-0.2, -0.15) is 12.7 Å². The van der Waals surface area contributed by atoms with Gasteiger partial charge >= 0.3 is 5.97 Å². The van der Waals surface area contributed by atoms with E-state index in [4.69, 9.17) is 10.2 Å². The molecule has 8 heteroatoms. The van der Waals surface area contributed by atoms with E-state index in [1.165, 1.54) is 4.31 Å². The van der Waals surface area contributed by atoms with E-state index in [2.05, 4.69) is 4.72 Å². The number of carboxylic acid groups (broad SMARTS) is 1. The van der Waals surface area contributed by atoms with Gasteiger partial charge in [0.05, 0.1) is 5.92 Å². The van der Waals surface area contributed by atoms with Crippen LogP contribution in [-0.2, 0) is 15.0 Å². The van der Waals surface area contributed by atoms with Crippen LogP contribution in [0.1, 0.15) is 32.1 Å². The van der Waals surface area contributed by atoms with Crippen molar-refractivity contribution in [3.8, 4) is 0 Å². The summed E-state index contributed by atoms with van der Waals surface area (Å²) in [6.45, 7) is 0.792. The molecule has 2 fully saturated rings. The lowest BCUT2D eigenvalue weighted by Crippen LogP contribution is -2.48. The first kappa shape index (κ1) is 15.7. The highest BCUT2D eigenvalue weighted by molar-refractivity contribution is 7.87. The molecule has 0 aromatic rings. The minimum absolute atomic E-state index is 0.0394. The number of carboxylic acids is 1. The zero-order valence-electron chi connectivity index (χ0n) is 11.4. The second-order valence-electron chi connectivity index (χ2n) is 5.84. The smallest absolute Gasteiger partial charge is 0.307 e. The lowest BCUT2D eigenvalue weighted by atomic mass is 10.0. The van der Waals surface area contributed by atoms with Crippen LogP contribution in [0.25, 0.3) is 0 Å². The molecule has 0 aromatic carbocycles. The highest BCUT2D eigenvalue weighted by Crippen LogP contribution is 2.48. The van der Waals surface area contributed by atoms with Crippen LogP contribution in [0, 0.1) is 11.3 Å². The fraction of sp³-hybridized carbons (Fsp3) is 0.917. The number of aliphatic hydroxyl groups is 1. The molecule has 7 nitrogen and oxygen atoms in total. The molecule has 1 saturated carbocycles. The van der Waals surface area contributed by atoms with E-state index in [9.17, 15) is 13.2 Å². The summed E-state index contributed by atoms with van der Waals surface area (Å²) >= 11 is 0. The number of piperidine rings is 1. The fourth-order valence-electron chi connectivity index (χ4n) is 2.63. The Morgan fingerprint density at radius 3 is 2.65 bits per heavy atom. The Labute approximate surface area is 119 Å². The average Bonchev–Trinajstić information content (AvgIpc) is 3.18. The van der Waals surface area contributed by atoms with E-state index in [0.717, 1.165) is 12.8 Å². The summed E-state index contributed by atoms with van der Waals surface area (Å²) in [6, 6.07) is 0. The Morgan fingerprint density at radius 2 is 2.10 bits per heavy atom. The number of carbonyl (C=O) groups is 1. The highest BCUT2D eigenvalue weighted by atomic mass is 32.2. The van der Waals surface area contributed by atoms with Crippen LogP contribution in [0.4, 0.5) is 0 Å². The van der Waals surface area contributed by atoms with Gasteiger partial charge in [-0.25, -0.2) is 4.72 Å². The Morgan fingerprint density at radius 1 is 1.40 bits per heavy atom. The molecular formula is C12H22N2O5S. The minimum Gasteiger partial charge on any atom is -0.481 e. The van der Waals surface area contributed by atoms with E-state index in [1.54, 1.807) is 0 Å². The number of aliphatic hydroxyl groups excluding tert-OH is 1. The molecule has 1 aliphatic heterocycles. The predicted molar refractivity (Wildman–Crippen MR) is 72.2 cm³/mol. The van der Waals surface area contributed by atoms with Gasteiger partial charge < -0.3 is 10.2 Å². The Balaban J connectivity index is 1.91. The number of rotatable bonds is 7. The van der Waals surface area contributed by atoms with E-state index in [1.807, 2.05) is 0 Å². The molecule has 1 heterocycles. The summed E-state index contributed by atoms with van der Waals surface area (Å²) in [5.74, 6) is -1.56. The maximum atomic E-state index is 12.2. The third-order valence-corrected chi connectivity index (χ3v) is 5.82. The van der Waals surface area contributed by atoms with Crippen molar-refractivity contribution in [3.05, 3.63) is 0 Å². The maximum absolute atomic E-state index is 12.2. The molecular weight excluding hydrogens is 284 g/mol. The lowest BCUT2D eigenvalue weighted by Gasteiger charge is -2.30. The molecule has 1 saturated heterocycles. The summed E-state index contributed by atoms with van der Waals surface area (Å²) < 4.78 is 28.2. The number of nitrogens with one attached hydrogen (secondary N) is 1. The molecule has 2 rings (SSSR count). The van der Waals surface area contributed by atoms with Crippen LogP contribution in [0.15, 0.2) is 0 Å². The first-order valence-corrected chi connectivity index (χ1v) is 8.41. The zero-order valence-corrected chi connectivity index (χ0v) is 12.2. The number of hydrogen-bond donors (Lipinski definition) is 3. The van der Waals surface area contributed by atoms with Gasteiger partial charge in [-0.15, -0.1) is 0 Å². The molecule has 0 spiro atoms. The maximum Gasteiger partial charge on any atom is 0.307 e. The van der Waals surface area contributed by atoms with E-state index in [-0.39, 0.29) is 18.6 Å². The predicted octanol–water partition coefficient (Wildman–Crippen LogP) is -0.220. The molecule has 2 aliphatic rings. The van der Waals surface area contributed by atoms with Crippen LogP contribution in [-0.4, -0.2) is 55.1 Å². The first-order valence-electron chi connectivity index (χ1n) is 6.97. The van der Waals surface area contributed by atoms with Crippen molar-refractivity contribution in [2.75, 3.05) is 26.2 Å². The topological polar surface area (TPSA) is 107 Å². The second-order valence-corrected chi connectivity index (χ2v) is 7.59. The van der Waals surface area contributed by atoms with Crippen LogP contribution in [0.3, 0.4) is 0 Å². The van der Waals surface area contributed by atoms with Crippen molar-refractivity contribution in [3.63, 3.8) is 0 Å². The van der Waals surface area contributed by atoms with Gasteiger partial charge in [0.1, 0.15) is 0 Å². The quantitative estimate of drug-likeness (QED) is 0.603. The molecule has 0 bridgehead atoms. The van der Waals surface area contributed by atoms with Gasteiger partial charge in [-0.05, 0) is 37.5 Å². The largest absolute Gasteiger partial charge is 0.481 e. The summed E-state index contributed by atoms with van der Waals surface area (Å²) in [5.41, 5.74) is -0.0934. The third kappa shape index (κ3) is 3.69. The average molecular weight is 306 g/mol. The van der Waals surface area contributed by atoms with Crippen LogP contribution in [0.5, 0.6) is 0 Å². The van der Waals surface area contributed by atoms with Gasteiger partial charge in [0.25, 0.3) is 10.2 Å². The molecule has 20 heavy (non-hydrogen) atoms. The molecule has 0 amide bonds. The lowest BCUT2D eigenvalue weighted by molar-refractivity contribution is -0.142. The molecule has 116 valence electrons. The Bertz CT molecular complexity index is 460. The van der Waals surface area contributed by atoms with Crippen molar-refractivity contribution in [1.82, 2.24) is 9.03 Å². The standard InChI is InChI=1S/C12H22N2O5S/c15-7-5-12(3-4-12)9-13-20(18,19)14-6-1-2-10(8-14)11(16)17/h10,13,15H,1-9H2,(H,16,17). The van der Waals surface area contributed by atoms with Crippen molar-refractivity contribution in [1.29, 1.82) is 0 Å². The monoisotopic (exact) mass is 306 g/mol. The minimum atomic E-state index is -3.62. The molecule has 0 radical (unpaired) electrons. The third-order valence-electron chi connectivity index (χ3n) is 4.30. The number of aliphatic carboxylic acids is 1. The molecule has 1 unspecified atom stereocenters. The van der Waals surface area contributed by atoms with E-state index < -0.39 is 22.1 Å². The summed E-state index contributed by atoms with van der Waals surface area (Å²) in [4.78, 5) is 11.0. The molecule has 1 aliphatic carbocycles. The van der Waals surface area contributed by atoms with Crippen molar-refractivity contribution < 1.29 is 23.4 Å². The highest BCUT2D eigenvalue weighted by Gasteiger charge is 2.43. The van der Waals surface area contributed by atoms with Crippen molar-refractivity contribution >= 4 is 16.2 Å². The van der Waals surface area contributed by atoms with Crippen molar-refractivity contribution in [2.24, 2.45) is 11.3 Å². The fourth-order valence-corrected chi connectivity index (χ4v) is 4.04. The SMILES string of the molecule is O=C(O)C1CCCN(S(=O)(=O)NCC2(CCO)CC2)C1. The molecule has 1 atom stereocenters. The van der Waals surface area contributed by atoms with Gasteiger partial charge in [0, 0.05) is 26.2 Å². The van der Waals surface area contributed by atoms with Crippen LogP contribution in [0.2, 0.25) is 0 Å². The van der Waals surface area contributed by atoms with Gasteiger partial charge in [-0.3, -0.25) is 4.79 Å². The Kier molecular flexibility index (Phi) is 4.68. The van der Waals surface area contributed by atoms with Gasteiger partial charge in [0.2, 0.25) is 0 Å². The molecule has 0 aromatic heterocycles. The number of nitrogens with zero attached hydrogens (tertiary/aromatic N) is 1. The van der Waals surface area contributed by atoms with Gasteiger partial charge in [-0.1, -0.05) is 0 Å². The first-order chi connectivity index (χ1) is 9.38. The molecule has 3 N–H and O–H groups in total. The normalized spacial score (nSPS) is 26.4. The van der Waals surface area contributed by atoms with E-state index in [0.29, 0.717) is 32.4 Å². The number of hydrogen-bond acceptors (Lipinski definition) is 4.